The largest absolute Gasteiger partial charge is 0.0850 e. The van der Waals surface area contributed by atoms with Crippen LogP contribution >= 0.6 is 0 Å². The summed E-state index contributed by atoms with van der Waals surface area (Å²) in [6.07, 6.45) is 7.37. The van der Waals surface area contributed by atoms with Gasteiger partial charge in [-0.2, -0.15) is 0 Å². The standard InChI is InChI=1S/C18H28/c1-5-15(3)12-13-18(14-16(4)6-2)17-10-8-7-9-11-17/h7-12,16,18H,5-6,13-14H2,1-4H3/b15-12+. The van der Waals surface area contributed by atoms with Crippen molar-refractivity contribution in [3.63, 3.8) is 0 Å². The molecule has 0 fully saturated rings. The van der Waals surface area contributed by atoms with Gasteiger partial charge in [-0.15, -0.1) is 0 Å². The van der Waals surface area contributed by atoms with Gasteiger partial charge < -0.3 is 0 Å². The van der Waals surface area contributed by atoms with Crippen LogP contribution in [-0.4, -0.2) is 0 Å². The second-order valence-corrected chi connectivity index (χ2v) is 5.50. The highest BCUT2D eigenvalue weighted by atomic mass is 14.2. The zero-order valence-corrected chi connectivity index (χ0v) is 12.4. The lowest BCUT2D eigenvalue weighted by molar-refractivity contribution is 0.455. The summed E-state index contributed by atoms with van der Waals surface area (Å²) < 4.78 is 0. The van der Waals surface area contributed by atoms with Crippen molar-refractivity contribution in [3.05, 3.63) is 47.5 Å². The SMILES string of the molecule is CC/C(C)=C/CC(CC(C)CC)c1ccccc1. The van der Waals surface area contributed by atoms with Crippen LogP contribution in [0, 0.1) is 5.92 Å². The molecule has 0 aliphatic carbocycles. The molecule has 1 aromatic carbocycles. The van der Waals surface area contributed by atoms with E-state index in [1.807, 2.05) is 0 Å². The molecule has 0 saturated carbocycles. The number of allylic oxidation sites excluding steroid dienone is 2. The van der Waals surface area contributed by atoms with Gasteiger partial charge in [0, 0.05) is 0 Å². The Balaban J connectivity index is 2.75. The van der Waals surface area contributed by atoms with Gasteiger partial charge in [-0.25, -0.2) is 0 Å². The minimum absolute atomic E-state index is 0.683. The Hall–Kier alpha value is -1.04. The minimum Gasteiger partial charge on any atom is -0.0850 e. The lowest BCUT2D eigenvalue weighted by Crippen LogP contribution is -2.04. The summed E-state index contributed by atoms with van der Waals surface area (Å²) >= 11 is 0. The molecule has 0 radical (unpaired) electrons. The molecule has 18 heavy (non-hydrogen) atoms. The Morgan fingerprint density at radius 2 is 1.83 bits per heavy atom. The van der Waals surface area contributed by atoms with E-state index in [1.54, 1.807) is 0 Å². The van der Waals surface area contributed by atoms with E-state index in [1.165, 1.54) is 36.8 Å². The molecule has 1 rings (SSSR count). The van der Waals surface area contributed by atoms with E-state index >= 15 is 0 Å². The van der Waals surface area contributed by atoms with Crippen molar-refractivity contribution in [2.45, 2.75) is 59.3 Å². The molecule has 2 atom stereocenters. The van der Waals surface area contributed by atoms with E-state index in [4.69, 9.17) is 0 Å². The van der Waals surface area contributed by atoms with E-state index in [0.29, 0.717) is 5.92 Å². The van der Waals surface area contributed by atoms with Crippen LogP contribution in [0.15, 0.2) is 42.0 Å². The van der Waals surface area contributed by atoms with Gasteiger partial charge in [-0.3, -0.25) is 0 Å². The average Bonchev–Trinajstić information content (AvgIpc) is 2.43. The Bertz CT molecular complexity index is 348. The summed E-state index contributed by atoms with van der Waals surface area (Å²) in [5.74, 6) is 1.49. The minimum atomic E-state index is 0.683. The van der Waals surface area contributed by atoms with E-state index in [-0.39, 0.29) is 0 Å². The number of benzene rings is 1. The number of rotatable bonds is 7. The van der Waals surface area contributed by atoms with Gasteiger partial charge in [0.15, 0.2) is 0 Å². The highest BCUT2D eigenvalue weighted by molar-refractivity contribution is 5.20. The van der Waals surface area contributed by atoms with Crippen LogP contribution < -0.4 is 0 Å². The molecule has 0 spiro atoms. The number of hydrogen-bond acceptors (Lipinski definition) is 0. The molecule has 0 bridgehead atoms. The maximum absolute atomic E-state index is 2.43. The quantitative estimate of drug-likeness (QED) is 0.520. The van der Waals surface area contributed by atoms with Crippen LogP contribution in [0.2, 0.25) is 0 Å². The Kier molecular flexibility index (Phi) is 6.78. The highest BCUT2D eigenvalue weighted by Gasteiger charge is 2.13. The predicted octanol–water partition coefficient (Wildman–Crippen LogP) is 5.95. The Labute approximate surface area is 113 Å². The van der Waals surface area contributed by atoms with Gasteiger partial charge in [-0.1, -0.05) is 69.2 Å². The van der Waals surface area contributed by atoms with Crippen molar-refractivity contribution >= 4 is 0 Å². The molecule has 0 heteroatoms. The van der Waals surface area contributed by atoms with Gasteiger partial charge in [0.25, 0.3) is 0 Å². The van der Waals surface area contributed by atoms with Crippen molar-refractivity contribution in [1.29, 1.82) is 0 Å². The van der Waals surface area contributed by atoms with Gasteiger partial charge in [0.1, 0.15) is 0 Å². The molecule has 0 aliphatic rings. The fourth-order valence-corrected chi connectivity index (χ4v) is 2.23. The maximum Gasteiger partial charge on any atom is -0.0125 e. The van der Waals surface area contributed by atoms with Crippen molar-refractivity contribution in [3.8, 4) is 0 Å². The fraction of sp³-hybridized carbons (Fsp3) is 0.556. The van der Waals surface area contributed by atoms with Crippen molar-refractivity contribution in [2.24, 2.45) is 5.92 Å². The molecule has 0 aliphatic heterocycles. The lowest BCUT2D eigenvalue weighted by Gasteiger charge is -2.20. The van der Waals surface area contributed by atoms with E-state index in [9.17, 15) is 0 Å². The predicted molar refractivity (Wildman–Crippen MR) is 81.9 cm³/mol. The Morgan fingerprint density at radius 1 is 1.17 bits per heavy atom. The van der Waals surface area contributed by atoms with E-state index < -0.39 is 0 Å². The Morgan fingerprint density at radius 3 is 2.39 bits per heavy atom. The van der Waals surface area contributed by atoms with Crippen LogP contribution in [0.1, 0.15) is 64.9 Å². The third-order valence-corrected chi connectivity index (χ3v) is 3.96. The molecule has 0 aromatic heterocycles. The van der Waals surface area contributed by atoms with Gasteiger partial charge in [0.2, 0.25) is 0 Å². The summed E-state index contributed by atoms with van der Waals surface area (Å²) in [6, 6.07) is 11.0. The van der Waals surface area contributed by atoms with Crippen LogP contribution in [0.4, 0.5) is 0 Å². The maximum atomic E-state index is 2.43. The zero-order valence-electron chi connectivity index (χ0n) is 12.4. The van der Waals surface area contributed by atoms with Crippen molar-refractivity contribution in [2.75, 3.05) is 0 Å². The summed E-state index contributed by atoms with van der Waals surface area (Å²) in [6.45, 7) is 9.13. The van der Waals surface area contributed by atoms with E-state index in [2.05, 4.69) is 64.1 Å². The van der Waals surface area contributed by atoms with Crippen molar-refractivity contribution < 1.29 is 0 Å². The monoisotopic (exact) mass is 244 g/mol. The summed E-state index contributed by atoms with van der Waals surface area (Å²) in [4.78, 5) is 0. The average molecular weight is 244 g/mol. The van der Waals surface area contributed by atoms with Crippen LogP contribution in [0.3, 0.4) is 0 Å². The summed E-state index contributed by atoms with van der Waals surface area (Å²) in [5.41, 5.74) is 3.01. The molecule has 1 aromatic rings. The van der Waals surface area contributed by atoms with Crippen LogP contribution in [-0.2, 0) is 0 Å². The molecule has 0 N–H and O–H groups in total. The van der Waals surface area contributed by atoms with Gasteiger partial charge >= 0.3 is 0 Å². The first-order valence-corrected chi connectivity index (χ1v) is 7.37. The smallest absolute Gasteiger partial charge is 0.0125 e. The second-order valence-electron chi connectivity index (χ2n) is 5.50. The first kappa shape index (κ1) is 15.0. The van der Waals surface area contributed by atoms with Crippen molar-refractivity contribution in [1.82, 2.24) is 0 Å². The highest BCUT2D eigenvalue weighted by Crippen LogP contribution is 2.29. The molecule has 100 valence electrons. The molecule has 0 nitrogen and oxygen atoms in total. The van der Waals surface area contributed by atoms with Gasteiger partial charge in [-0.05, 0) is 43.6 Å². The molecular formula is C18H28. The zero-order chi connectivity index (χ0) is 13.4. The molecular weight excluding hydrogens is 216 g/mol. The second kappa shape index (κ2) is 8.13. The summed E-state index contributed by atoms with van der Waals surface area (Å²) in [7, 11) is 0. The molecule has 0 amide bonds. The van der Waals surface area contributed by atoms with Gasteiger partial charge in [0.05, 0.1) is 0 Å². The third kappa shape index (κ3) is 5.08. The normalized spacial score (nSPS) is 15.4. The molecule has 0 saturated heterocycles. The lowest BCUT2D eigenvalue weighted by atomic mass is 9.85. The molecule has 2 unspecified atom stereocenters. The third-order valence-electron chi connectivity index (χ3n) is 3.96. The van der Waals surface area contributed by atoms with Crippen LogP contribution in [0.5, 0.6) is 0 Å². The van der Waals surface area contributed by atoms with Crippen LogP contribution in [0.25, 0.3) is 0 Å². The summed E-state index contributed by atoms with van der Waals surface area (Å²) in [5, 5.41) is 0. The fourth-order valence-electron chi connectivity index (χ4n) is 2.23. The first-order valence-electron chi connectivity index (χ1n) is 7.37. The first-order chi connectivity index (χ1) is 8.67. The molecule has 0 heterocycles. The van der Waals surface area contributed by atoms with E-state index in [0.717, 1.165) is 5.92 Å². The topological polar surface area (TPSA) is 0 Å². The number of hydrogen-bond donors (Lipinski definition) is 0.